The maximum atomic E-state index is 14.1. The molecular formula is C36H56N8O16. The van der Waals surface area contributed by atoms with Crippen LogP contribution in [0.5, 0.6) is 5.75 Å². The van der Waals surface area contributed by atoms with Crippen LogP contribution in [0.1, 0.15) is 58.1 Å². The Labute approximate surface area is 343 Å². The molecule has 3 saturated heterocycles. The molecule has 1 aromatic carbocycles. The number of primary amides is 1. The van der Waals surface area contributed by atoms with E-state index in [2.05, 4.69) is 16.0 Å². The Kier molecular flexibility index (Phi) is 17.6. The summed E-state index contributed by atoms with van der Waals surface area (Å²) in [4.78, 5) is 95.8. The quantitative estimate of drug-likeness (QED) is 0.121. The van der Waals surface area contributed by atoms with Crippen molar-refractivity contribution in [2.45, 2.75) is 132 Å². The van der Waals surface area contributed by atoms with Gasteiger partial charge in [0.2, 0.25) is 41.4 Å². The predicted octanol–water partition coefficient (Wildman–Crippen LogP) is -7.67. The summed E-state index contributed by atoms with van der Waals surface area (Å²) in [5, 5.41) is 105. The zero-order chi connectivity index (χ0) is 45.3. The fraction of sp³-hybridized carbons (Fsp3) is 0.639. The Morgan fingerprint density at radius 3 is 1.92 bits per heavy atom. The number of phenolic OH excluding ortho intramolecular Hbond substituents is 1. The van der Waals surface area contributed by atoms with Crippen LogP contribution in [-0.2, 0) is 33.6 Å². The van der Waals surface area contributed by atoms with Gasteiger partial charge in [-0.15, -0.1) is 0 Å². The molecule has 4 rings (SSSR count). The second-order valence-corrected chi connectivity index (χ2v) is 14.6. The number of nitrogens with one attached hydrogen (secondary N) is 4. The molecule has 3 aliphatic rings. The number of fused-ring (bicyclic) bond motifs is 2. The summed E-state index contributed by atoms with van der Waals surface area (Å²) >= 11 is 0. The Morgan fingerprint density at radius 2 is 1.33 bits per heavy atom. The van der Waals surface area contributed by atoms with Gasteiger partial charge < -0.3 is 88.5 Å². The SMILES string of the molecule is CC.C[C@@H](O)[C@@H]1NC(=O)[C@@H](N)C[C@@H](O)[C@@H](O)NC(=O)[C@@H]2[C@@H](O)CCN2C(=O)[C@H]([C@H](O)CC(N)=O)NC(=O)[C@H]([C@H](O)[C@@H](O)c2ccc(O)cc2)NC(=O)[C@@H]2C[C@@H](O)CN2C1=O. The van der Waals surface area contributed by atoms with Crippen LogP contribution in [-0.4, -0.2) is 189 Å². The number of benzene rings is 1. The van der Waals surface area contributed by atoms with Gasteiger partial charge in [0.15, 0.2) is 6.23 Å². The summed E-state index contributed by atoms with van der Waals surface area (Å²) < 4.78 is 0. The third-order valence-electron chi connectivity index (χ3n) is 10.2. The van der Waals surface area contributed by atoms with Gasteiger partial charge in [-0.25, -0.2) is 0 Å². The van der Waals surface area contributed by atoms with Gasteiger partial charge in [0.1, 0.15) is 54.3 Å². The topological polar surface area (TPSA) is 408 Å². The molecule has 3 heterocycles. The maximum Gasteiger partial charge on any atom is 0.248 e. The molecule has 0 saturated carbocycles. The van der Waals surface area contributed by atoms with Gasteiger partial charge in [-0.1, -0.05) is 26.0 Å². The van der Waals surface area contributed by atoms with Gasteiger partial charge in [-0.2, -0.15) is 0 Å². The van der Waals surface area contributed by atoms with Gasteiger partial charge in [0.05, 0.1) is 36.9 Å². The maximum absolute atomic E-state index is 14.1. The Bertz CT molecular complexity index is 1700. The molecule has 3 fully saturated rings. The number of rotatable bonds is 7. The van der Waals surface area contributed by atoms with Crippen molar-refractivity contribution in [3.8, 4) is 5.75 Å². The number of nitrogens with zero attached hydrogens (tertiary/aromatic N) is 2. The number of hydrogen-bond acceptors (Lipinski definition) is 17. The summed E-state index contributed by atoms with van der Waals surface area (Å²) in [6.45, 7) is 4.12. The first-order valence-corrected chi connectivity index (χ1v) is 19.2. The minimum atomic E-state index is -2.33. The molecule has 0 spiro atoms. The molecule has 0 bridgehead atoms. The summed E-state index contributed by atoms with van der Waals surface area (Å²) in [5.74, 6) is -9.08. The lowest BCUT2D eigenvalue weighted by Crippen LogP contribution is -2.64. The van der Waals surface area contributed by atoms with Crippen LogP contribution < -0.4 is 32.7 Å². The molecule has 1 aromatic rings. The number of aromatic hydroxyl groups is 1. The number of aliphatic hydroxyl groups is 8. The van der Waals surface area contributed by atoms with E-state index in [9.17, 15) is 79.5 Å². The lowest BCUT2D eigenvalue weighted by atomic mass is 9.96. The minimum absolute atomic E-state index is 0.106. The van der Waals surface area contributed by atoms with E-state index in [0.717, 1.165) is 36.1 Å². The highest BCUT2D eigenvalue weighted by molar-refractivity contribution is 5.98. The zero-order valence-electron chi connectivity index (χ0n) is 33.1. The number of carbonyl (C=O) groups is 7. The molecular weight excluding hydrogens is 800 g/mol. The molecule has 0 aliphatic carbocycles. The van der Waals surface area contributed by atoms with Crippen molar-refractivity contribution in [3.05, 3.63) is 29.8 Å². The van der Waals surface area contributed by atoms with Crippen LogP contribution in [0.15, 0.2) is 24.3 Å². The Hall–Kier alpha value is -5.05. The van der Waals surface area contributed by atoms with E-state index < -0.39 is 159 Å². The summed E-state index contributed by atoms with van der Waals surface area (Å²) in [6, 6.07) is -7.07. The molecule has 3 aliphatic heterocycles. The van der Waals surface area contributed by atoms with Crippen molar-refractivity contribution in [1.29, 1.82) is 0 Å². The molecule has 60 heavy (non-hydrogen) atoms. The van der Waals surface area contributed by atoms with E-state index in [-0.39, 0.29) is 17.7 Å². The first-order chi connectivity index (χ1) is 28.1. The lowest BCUT2D eigenvalue weighted by Gasteiger charge is -2.34. The van der Waals surface area contributed by atoms with Crippen molar-refractivity contribution in [2.75, 3.05) is 13.1 Å². The number of carbonyl (C=O) groups excluding carboxylic acids is 7. The van der Waals surface area contributed by atoms with Gasteiger partial charge in [0.25, 0.3) is 0 Å². The number of hydrogen-bond donors (Lipinski definition) is 15. The molecule has 24 nitrogen and oxygen atoms in total. The highest BCUT2D eigenvalue weighted by Gasteiger charge is 2.48. The average molecular weight is 857 g/mol. The Morgan fingerprint density at radius 1 is 0.767 bits per heavy atom. The average Bonchev–Trinajstić information content (AvgIpc) is 3.79. The second kappa shape index (κ2) is 21.5. The van der Waals surface area contributed by atoms with Crippen LogP contribution in [0.25, 0.3) is 0 Å². The number of nitrogens with two attached hydrogens (primary N) is 2. The molecule has 336 valence electrons. The molecule has 17 N–H and O–H groups in total. The molecule has 7 amide bonds. The van der Waals surface area contributed by atoms with E-state index >= 15 is 0 Å². The van der Waals surface area contributed by atoms with Crippen LogP contribution in [0.4, 0.5) is 0 Å². The van der Waals surface area contributed by atoms with E-state index in [0.29, 0.717) is 4.90 Å². The van der Waals surface area contributed by atoms with E-state index in [1.807, 2.05) is 19.2 Å². The van der Waals surface area contributed by atoms with Crippen molar-refractivity contribution in [3.63, 3.8) is 0 Å². The number of amides is 7. The van der Waals surface area contributed by atoms with Crippen LogP contribution >= 0.6 is 0 Å². The van der Waals surface area contributed by atoms with Gasteiger partial charge in [-0.3, -0.25) is 33.6 Å². The van der Waals surface area contributed by atoms with Gasteiger partial charge in [0, 0.05) is 25.9 Å². The minimum Gasteiger partial charge on any atom is -0.508 e. The summed E-state index contributed by atoms with van der Waals surface area (Å²) in [7, 11) is 0. The Balaban J connectivity index is 0.00000473. The predicted molar refractivity (Wildman–Crippen MR) is 203 cm³/mol. The molecule has 24 heteroatoms. The molecule has 0 unspecified atom stereocenters. The first kappa shape index (κ1) is 49.3. The highest BCUT2D eigenvalue weighted by atomic mass is 16.3. The standard InChI is InChI=1S/C34H50N8O16.C2H6/c1-12(43)22-33(57)42-11-15(45)8-17(42)29(53)39-24(27(51)26(50)13-2-4-14(44)5-3-13)31(55)38-23(19(47)10-21(36)49)34(58)41-7-6-18(46)25(41)32(56)40-30(54)20(48)9-16(35)28(52)37-22;1-2/h2-5,12,15-20,22-27,30,43-48,50-51,54H,6-11,35H2,1H3,(H2,36,49)(H,37,52)(H,38,55)(H,39,53)(H,40,56);1-2H3/t12-,15-,16+,17+,18+,19-,20-,22+,23+,24+,25+,26+,27+,30-;/m1./s1. The van der Waals surface area contributed by atoms with Gasteiger partial charge >= 0.3 is 0 Å². The largest absolute Gasteiger partial charge is 0.508 e. The molecule has 0 radical (unpaired) electrons. The van der Waals surface area contributed by atoms with Crippen LogP contribution in [0.2, 0.25) is 0 Å². The van der Waals surface area contributed by atoms with Crippen molar-refractivity contribution < 1.29 is 79.5 Å². The molecule has 14 atom stereocenters. The fourth-order valence-electron chi connectivity index (χ4n) is 6.97. The van der Waals surface area contributed by atoms with Crippen LogP contribution in [0.3, 0.4) is 0 Å². The first-order valence-electron chi connectivity index (χ1n) is 19.2. The van der Waals surface area contributed by atoms with E-state index in [4.69, 9.17) is 11.5 Å². The monoisotopic (exact) mass is 856 g/mol. The molecule has 0 aromatic heterocycles. The lowest BCUT2D eigenvalue weighted by molar-refractivity contribution is -0.149. The zero-order valence-corrected chi connectivity index (χ0v) is 33.1. The summed E-state index contributed by atoms with van der Waals surface area (Å²) in [6.07, 6.45) is -18.0. The number of phenols is 1. The van der Waals surface area contributed by atoms with Crippen molar-refractivity contribution >= 4 is 41.4 Å². The van der Waals surface area contributed by atoms with Crippen molar-refractivity contribution in [2.24, 2.45) is 11.5 Å². The highest BCUT2D eigenvalue weighted by Crippen LogP contribution is 2.26. The third-order valence-corrected chi connectivity index (χ3v) is 10.2. The smallest absolute Gasteiger partial charge is 0.248 e. The van der Waals surface area contributed by atoms with E-state index in [1.54, 1.807) is 0 Å². The van der Waals surface area contributed by atoms with Crippen LogP contribution in [0, 0.1) is 0 Å². The summed E-state index contributed by atoms with van der Waals surface area (Å²) in [5.41, 5.74) is 11.1. The fourth-order valence-corrected chi connectivity index (χ4v) is 6.97. The normalized spacial score (nSPS) is 32.0. The second-order valence-electron chi connectivity index (χ2n) is 14.6. The van der Waals surface area contributed by atoms with Crippen molar-refractivity contribution in [1.82, 2.24) is 31.1 Å². The third kappa shape index (κ3) is 11.8. The van der Waals surface area contributed by atoms with E-state index in [1.165, 1.54) is 0 Å². The number of aliphatic hydroxyl groups excluding tert-OH is 8. The van der Waals surface area contributed by atoms with Gasteiger partial charge in [-0.05, 0) is 31.0 Å².